The molecular formula is C21H21FN6O. The molecule has 0 radical (unpaired) electrons. The number of aliphatic imine (C=N–C) groups is 1. The van der Waals surface area contributed by atoms with Gasteiger partial charge in [0.1, 0.15) is 24.4 Å². The Morgan fingerprint density at radius 1 is 1.28 bits per heavy atom. The highest BCUT2D eigenvalue weighted by molar-refractivity contribution is 6.13. The molecule has 0 spiro atoms. The van der Waals surface area contributed by atoms with E-state index in [4.69, 9.17) is 0 Å². The molecule has 3 aliphatic rings. The molecule has 2 aromatic rings. The van der Waals surface area contributed by atoms with Gasteiger partial charge in [0.05, 0.1) is 11.6 Å². The molecule has 3 heterocycles. The second-order valence-electron chi connectivity index (χ2n) is 7.42. The zero-order valence-corrected chi connectivity index (χ0v) is 16.0. The topological polar surface area (TPSA) is 75.4 Å². The highest BCUT2D eigenvalue weighted by atomic mass is 19.2. The molecule has 148 valence electrons. The summed E-state index contributed by atoms with van der Waals surface area (Å²) < 4.78 is 16.5. The molecule has 2 aliphatic heterocycles. The number of benzene rings is 1. The lowest BCUT2D eigenvalue weighted by molar-refractivity contribution is -0.113. The molecule has 0 saturated carbocycles. The summed E-state index contributed by atoms with van der Waals surface area (Å²) in [4.78, 5) is 21.5. The third-order valence-corrected chi connectivity index (χ3v) is 5.83. The number of carbonyl (C=O) groups is 1. The van der Waals surface area contributed by atoms with Crippen molar-refractivity contribution in [2.45, 2.75) is 31.7 Å². The number of nitrogens with one attached hydrogen (secondary N) is 1. The van der Waals surface area contributed by atoms with E-state index in [1.807, 2.05) is 29.8 Å². The summed E-state index contributed by atoms with van der Waals surface area (Å²) in [6, 6.07) is 10.2. The second kappa shape index (κ2) is 7.04. The van der Waals surface area contributed by atoms with Crippen LogP contribution in [0.2, 0.25) is 0 Å². The summed E-state index contributed by atoms with van der Waals surface area (Å²) in [6.07, 6.45) is 3.63. The maximum absolute atomic E-state index is 14.6. The van der Waals surface area contributed by atoms with E-state index in [1.54, 1.807) is 6.33 Å². The average molecular weight is 392 g/mol. The number of nitrogens with zero attached hydrogens (tertiary/aromatic N) is 5. The van der Waals surface area contributed by atoms with Crippen molar-refractivity contribution in [1.29, 1.82) is 0 Å². The van der Waals surface area contributed by atoms with Crippen LogP contribution in [0.4, 0.5) is 4.48 Å². The van der Waals surface area contributed by atoms with Gasteiger partial charge in [0, 0.05) is 30.7 Å². The van der Waals surface area contributed by atoms with Crippen molar-refractivity contribution in [2.75, 3.05) is 13.1 Å². The number of allylic oxidation sites excluding steroid dienone is 1. The third-order valence-electron chi connectivity index (χ3n) is 5.83. The van der Waals surface area contributed by atoms with Gasteiger partial charge in [-0.15, -0.1) is 5.23 Å². The SMILES string of the molecule is CCn1ncnc1C1C2=NCC(=O)C=C3C2=C(CNN3F)CC1c1ccccc1. The molecule has 7 nitrogen and oxygen atoms in total. The summed E-state index contributed by atoms with van der Waals surface area (Å²) in [5.41, 5.74) is 6.66. The van der Waals surface area contributed by atoms with Crippen LogP contribution in [0.15, 0.2) is 64.6 Å². The monoisotopic (exact) mass is 392 g/mol. The Hall–Kier alpha value is -3.13. The zero-order chi connectivity index (χ0) is 20.0. The number of ketones is 1. The number of rotatable bonds is 3. The maximum atomic E-state index is 14.6. The van der Waals surface area contributed by atoms with Crippen LogP contribution in [0.25, 0.3) is 0 Å². The Bertz CT molecular complexity index is 1050. The molecule has 29 heavy (non-hydrogen) atoms. The van der Waals surface area contributed by atoms with Crippen molar-refractivity contribution in [3.8, 4) is 0 Å². The van der Waals surface area contributed by atoms with Crippen LogP contribution in [0.3, 0.4) is 0 Å². The van der Waals surface area contributed by atoms with Crippen LogP contribution >= 0.6 is 0 Å². The summed E-state index contributed by atoms with van der Waals surface area (Å²) in [6.45, 7) is 3.07. The first-order chi connectivity index (χ1) is 14.2. The number of aromatic nitrogens is 3. The first kappa shape index (κ1) is 17.9. The highest BCUT2D eigenvalue weighted by Gasteiger charge is 2.44. The number of halogens is 1. The van der Waals surface area contributed by atoms with Gasteiger partial charge in [-0.3, -0.25) is 9.79 Å². The lowest BCUT2D eigenvalue weighted by atomic mass is 9.70. The summed E-state index contributed by atoms with van der Waals surface area (Å²) in [7, 11) is 0. The minimum absolute atomic E-state index is 0.00171. The normalized spacial score (nSPS) is 24.1. The molecule has 0 amide bonds. The Morgan fingerprint density at radius 3 is 2.90 bits per heavy atom. The minimum Gasteiger partial charge on any atom is -0.293 e. The quantitative estimate of drug-likeness (QED) is 0.813. The molecule has 0 fully saturated rings. The van der Waals surface area contributed by atoms with Gasteiger partial charge in [-0.25, -0.2) is 15.1 Å². The van der Waals surface area contributed by atoms with Gasteiger partial charge in [-0.2, -0.15) is 5.10 Å². The van der Waals surface area contributed by atoms with Gasteiger partial charge in [0.2, 0.25) is 0 Å². The summed E-state index contributed by atoms with van der Waals surface area (Å²) >= 11 is 0. The van der Waals surface area contributed by atoms with Crippen LogP contribution in [-0.4, -0.2) is 44.6 Å². The third kappa shape index (κ3) is 2.91. The fourth-order valence-electron chi connectivity index (χ4n) is 4.57. The van der Waals surface area contributed by atoms with E-state index in [9.17, 15) is 9.28 Å². The van der Waals surface area contributed by atoms with Crippen LogP contribution in [0, 0.1) is 0 Å². The fraction of sp³-hybridized carbons (Fsp3) is 0.333. The van der Waals surface area contributed by atoms with Crippen molar-refractivity contribution >= 4 is 11.5 Å². The van der Waals surface area contributed by atoms with E-state index in [-0.39, 0.29) is 29.9 Å². The molecule has 5 rings (SSSR count). The molecule has 1 aliphatic carbocycles. The largest absolute Gasteiger partial charge is 0.293 e. The Balaban J connectivity index is 1.75. The first-order valence-corrected chi connectivity index (χ1v) is 9.81. The molecule has 1 aromatic heterocycles. The molecular weight excluding hydrogens is 371 g/mol. The number of carbonyl (C=O) groups excluding carboxylic acids is 1. The van der Waals surface area contributed by atoms with Gasteiger partial charge >= 0.3 is 0 Å². The number of hydrogen-bond acceptors (Lipinski definition) is 6. The predicted molar refractivity (Wildman–Crippen MR) is 106 cm³/mol. The highest BCUT2D eigenvalue weighted by Crippen LogP contribution is 2.47. The molecule has 1 aromatic carbocycles. The van der Waals surface area contributed by atoms with Crippen molar-refractivity contribution in [2.24, 2.45) is 4.99 Å². The zero-order valence-electron chi connectivity index (χ0n) is 16.0. The number of hydrazine groups is 1. The lowest BCUT2D eigenvalue weighted by Crippen LogP contribution is -2.43. The van der Waals surface area contributed by atoms with E-state index in [0.29, 0.717) is 18.3 Å². The Kier molecular flexibility index (Phi) is 4.35. The van der Waals surface area contributed by atoms with Crippen molar-refractivity contribution in [3.63, 3.8) is 0 Å². The van der Waals surface area contributed by atoms with E-state index in [1.165, 1.54) is 11.6 Å². The van der Waals surface area contributed by atoms with Crippen molar-refractivity contribution in [3.05, 3.63) is 71.0 Å². The molecule has 0 saturated heterocycles. The smallest absolute Gasteiger partial charge is 0.179 e. The molecule has 2 unspecified atom stereocenters. The van der Waals surface area contributed by atoms with Gasteiger partial charge in [0.15, 0.2) is 5.78 Å². The number of hydrogen-bond donors (Lipinski definition) is 1. The van der Waals surface area contributed by atoms with Crippen LogP contribution in [0.5, 0.6) is 0 Å². The fourth-order valence-corrected chi connectivity index (χ4v) is 4.57. The van der Waals surface area contributed by atoms with Gasteiger partial charge < -0.3 is 0 Å². The maximum Gasteiger partial charge on any atom is 0.179 e. The van der Waals surface area contributed by atoms with E-state index in [2.05, 4.69) is 32.6 Å². The molecule has 8 heteroatoms. The van der Waals surface area contributed by atoms with Crippen molar-refractivity contribution in [1.82, 2.24) is 25.4 Å². The molecule has 0 bridgehead atoms. The van der Waals surface area contributed by atoms with E-state index in [0.717, 1.165) is 29.1 Å². The van der Waals surface area contributed by atoms with Crippen LogP contribution in [0.1, 0.15) is 36.6 Å². The molecule has 1 N–H and O–H groups in total. The Morgan fingerprint density at radius 2 is 2.10 bits per heavy atom. The van der Waals surface area contributed by atoms with E-state index < -0.39 is 0 Å². The van der Waals surface area contributed by atoms with Crippen LogP contribution < -0.4 is 5.43 Å². The lowest BCUT2D eigenvalue weighted by Gasteiger charge is -2.39. The summed E-state index contributed by atoms with van der Waals surface area (Å²) in [5.74, 6) is 0.446. The standard InChI is InChI=1S/C21H21FN6O/c1-2-27-21(24-12-26-27)19-16(13-6-4-3-5-7-13)8-14-10-25-28(22)17-9-15(29)11-23-20(19)18(14)17/h3-7,9,12,16,19,25H,2,8,10-11H2,1H3. The predicted octanol–water partition coefficient (Wildman–Crippen LogP) is 2.48. The van der Waals surface area contributed by atoms with E-state index >= 15 is 0 Å². The average Bonchev–Trinajstić information content (AvgIpc) is 3.14. The van der Waals surface area contributed by atoms with Crippen molar-refractivity contribution < 1.29 is 9.28 Å². The summed E-state index contributed by atoms with van der Waals surface area (Å²) in [5, 5.41) is 4.80. The van der Waals surface area contributed by atoms with Gasteiger partial charge in [-0.05, 0) is 24.5 Å². The van der Waals surface area contributed by atoms with Gasteiger partial charge in [-0.1, -0.05) is 34.8 Å². The first-order valence-electron chi connectivity index (χ1n) is 9.81. The second-order valence-corrected chi connectivity index (χ2v) is 7.42. The minimum atomic E-state index is -0.216. The Labute approximate surface area is 167 Å². The number of aryl methyl sites for hydroxylation is 1. The van der Waals surface area contributed by atoms with Crippen LogP contribution in [-0.2, 0) is 11.3 Å². The van der Waals surface area contributed by atoms with Gasteiger partial charge in [0.25, 0.3) is 0 Å². The molecule has 2 atom stereocenters.